The van der Waals surface area contributed by atoms with E-state index in [-0.39, 0.29) is 0 Å². The molecule has 0 aromatic rings. The molecule has 0 unspecified atom stereocenters. The second-order valence-corrected chi connectivity index (χ2v) is 2.61. The summed E-state index contributed by atoms with van der Waals surface area (Å²) in [5.74, 6) is 0. The molecule has 0 heterocycles. The van der Waals surface area contributed by atoms with E-state index in [1.807, 2.05) is 31.2 Å². The molecule has 2 heteroatoms. The Kier molecular flexibility index (Phi) is 7.71. The van der Waals surface area contributed by atoms with Crippen LogP contribution in [0.15, 0.2) is 36.5 Å². The fraction of sp³-hybridized carbons (Fsp3) is 0.300. The van der Waals surface area contributed by atoms with Crippen LogP contribution in [0.25, 0.3) is 0 Å². The minimum Gasteiger partial charge on any atom is -0.276 e. The molecule has 0 N–H and O–H groups in total. The van der Waals surface area contributed by atoms with Gasteiger partial charge >= 0.3 is 0 Å². The van der Waals surface area contributed by atoms with Crippen LogP contribution in [-0.4, -0.2) is 5.24 Å². The Labute approximate surface area is 78.4 Å². The summed E-state index contributed by atoms with van der Waals surface area (Å²) >= 11 is 5.09. The molecule has 1 nitrogen and oxygen atoms in total. The average molecular weight is 185 g/mol. The van der Waals surface area contributed by atoms with E-state index in [0.29, 0.717) is 0 Å². The molecule has 0 aliphatic carbocycles. The van der Waals surface area contributed by atoms with Gasteiger partial charge in [0.2, 0.25) is 5.24 Å². The third kappa shape index (κ3) is 9.18. The highest BCUT2D eigenvalue weighted by molar-refractivity contribution is 6.66. The predicted octanol–water partition coefficient (Wildman–Crippen LogP) is 3.22. The van der Waals surface area contributed by atoms with Crippen LogP contribution in [-0.2, 0) is 4.79 Å². The molecule has 66 valence electrons. The average Bonchev–Trinajstić information content (AvgIpc) is 2.02. The van der Waals surface area contributed by atoms with Gasteiger partial charge in [0.15, 0.2) is 0 Å². The van der Waals surface area contributed by atoms with Crippen molar-refractivity contribution in [3.8, 4) is 0 Å². The summed E-state index contributed by atoms with van der Waals surface area (Å²) < 4.78 is 0. The Balaban J connectivity index is 3.38. The molecule has 0 fully saturated rings. The van der Waals surface area contributed by atoms with Crippen LogP contribution in [0.2, 0.25) is 0 Å². The lowest BCUT2D eigenvalue weighted by Crippen LogP contribution is -1.74. The first kappa shape index (κ1) is 11.2. The number of hydrogen-bond donors (Lipinski definition) is 0. The third-order valence-electron chi connectivity index (χ3n) is 1.19. The molecule has 0 aliphatic rings. The van der Waals surface area contributed by atoms with E-state index in [1.165, 1.54) is 6.08 Å². The summed E-state index contributed by atoms with van der Waals surface area (Å²) in [6.45, 7) is 1.97. The van der Waals surface area contributed by atoms with Gasteiger partial charge in [-0.25, -0.2) is 0 Å². The fourth-order valence-electron chi connectivity index (χ4n) is 0.654. The maximum atomic E-state index is 10.2. The standard InChI is InChI=1S/C10H13ClO/c1-2-3-4-5-6-7-8-9-10(11)12/h2-5,8-9H,6-7H2,1H3. The van der Waals surface area contributed by atoms with Gasteiger partial charge in [-0.1, -0.05) is 30.4 Å². The Morgan fingerprint density at radius 1 is 1.25 bits per heavy atom. The molecule has 0 bridgehead atoms. The Hall–Kier alpha value is -0.820. The van der Waals surface area contributed by atoms with E-state index < -0.39 is 5.24 Å². The normalized spacial score (nSPS) is 12.2. The first-order chi connectivity index (χ1) is 5.77. The molecule has 0 spiro atoms. The van der Waals surface area contributed by atoms with Gasteiger partial charge in [-0.05, 0) is 37.4 Å². The highest BCUT2D eigenvalue weighted by atomic mass is 35.5. The minimum atomic E-state index is -0.410. The van der Waals surface area contributed by atoms with Gasteiger partial charge < -0.3 is 0 Å². The largest absolute Gasteiger partial charge is 0.276 e. The van der Waals surface area contributed by atoms with Crippen LogP contribution in [0.4, 0.5) is 0 Å². The van der Waals surface area contributed by atoms with E-state index in [2.05, 4.69) is 0 Å². The molecule has 0 radical (unpaired) electrons. The number of carbonyl (C=O) groups excluding carboxylic acids is 1. The summed E-state index contributed by atoms with van der Waals surface area (Å²) in [5.41, 5.74) is 0. The van der Waals surface area contributed by atoms with Gasteiger partial charge in [0.05, 0.1) is 0 Å². The Bertz CT molecular complexity index is 202. The van der Waals surface area contributed by atoms with Gasteiger partial charge in [-0.15, -0.1) is 0 Å². The van der Waals surface area contributed by atoms with Crippen molar-refractivity contribution in [2.75, 3.05) is 0 Å². The first-order valence-electron chi connectivity index (χ1n) is 3.91. The van der Waals surface area contributed by atoms with Crippen LogP contribution in [0, 0.1) is 0 Å². The summed E-state index contributed by atoms with van der Waals surface area (Å²) in [7, 11) is 0. The lowest BCUT2D eigenvalue weighted by molar-refractivity contribution is -0.107. The molecular weight excluding hydrogens is 172 g/mol. The Morgan fingerprint density at radius 3 is 2.50 bits per heavy atom. The summed E-state index contributed by atoms with van der Waals surface area (Å²) in [6.07, 6.45) is 12.9. The van der Waals surface area contributed by atoms with Crippen molar-refractivity contribution >= 4 is 16.8 Å². The summed E-state index contributed by atoms with van der Waals surface area (Å²) in [5, 5.41) is -0.410. The van der Waals surface area contributed by atoms with E-state index in [4.69, 9.17) is 11.6 Å². The zero-order valence-corrected chi connectivity index (χ0v) is 7.92. The molecule has 0 atom stereocenters. The van der Waals surface area contributed by atoms with Crippen molar-refractivity contribution in [2.24, 2.45) is 0 Å². The monoisotopic (exact) mass is 184 g/mol. The first-order valence-corrected chi connectivity index (χ1v) is 4.29. The molecular formula is C10H13ClO. The van der Waals surface area contributed by atoms with Crippen molar-refractivity contribution in [3.05, 3.63) is 36.5 Å². The van der Waals surface area contributed by atoms with Crippen molar-refractivity contribution in [2.45, 2.75) is 19.8 Å². The van der Waals surface area contributed by atoms with Crippen LogP contribution >= 0.6 is 11.6 Å². The van der Waals surface area contributed by atoms with Crippen molar-refractivity contribution in [3.63, 3.8) is 0 Å². The third-order valence-corrected chi connectivity index (χ3v) is 1.31. The van der Waals surface area contributed by atoms with Crippen molar-refractivity contribution in [1.29, 1.82) is 0 Å². The summed E-state index contributed by atoms with van der Waals surface area (Å²) in [6, 6.07) is 0. The number of carbonyl (C=O) groups is 1. The maximum absolute atomic E-state index is 10.2. The van der Waals surface area contributed by atoms with Gasteiger partial charge in [-0.3, -0.25) is 4.79 Å². The minimum absolute atomic E-state index is 0.410. The quantitative estimate of drug-likeness (QED) is 0.278. The molecule has 0 aliphatic heterocycles. The molecule has 0 saturated carbocycles. The van der Waals surface area contributed by atoms with Crippen molar-refractivity contribution in [1.82, 2.24) is 0 Å². The molecule has 0 aromatic heterocycles. The predicted molar refractivity (Wildman–Crippen MR) is 53.2 cm³/mol. The van der Waals surface area contributed by atoms with E-state index in [1.54, 1.807) is 6.08 Å². The van der Waals surface area contributed by atoms with Crippen molar-refractivity contribution < 1.29 is 4.79 Å². The van der Waals surface area contributed by atoms with E-state index in [0.717, 1.165) is 12.8 Å². The number of rotatable bonds is 5. The fourth-order valence-corrected chi connectivity index (χ4v) is 0.743. The smallest absolute Gasteiger partial charge is 0.244 e. The number of hydrogen-bond acceptors (Lipinski definition) is 1. The van der Waals surface area contributed by atoms with Gasteiger partial charge in [0, 0.05) is 0 Å². The highest BCUT2D eigenvalue weighted by Gasteiger charge is 1.82. The maximum Gasteiger partial charge on any atom is 0.244 e. The van der Waals surface area contributed by atoms with Gasteiger partial charge in [-0.2, -0.15) is 0 Å². The lowest BCUT2D eigenvalue weighted by atomic mass is 10.2. The molecule has 12 heavy (non-hydrogen) atoms. The molecule has 0 rings (SSSR count). The second-order valence-electron chi connectivity index (χ2n) is 2.24. The number of unbranched alkanes of at least 4 members (excludes halogenated alkanes) is 1. The number of halogens is 1. The lowest BCUT2D eigenvalue weighted by Gasteiger charge is -1.83. The number of allylic oxidation sites excluding steroid dienone is 6. The topological polar surface area (TPSA) is 17.1 Å². The van der Waals surface area contributed by atoms with E-state index >= 15 is 0 Å². The molecule has 0 aromatic carbocycles. The van der Waals surface area contributed by atoms with Crippen LogP contribution in [0.3, 0.4) is 0 Å². The molecule has 0 saturated heterocycles. The zero-order chi connectivity index (χ0) is 9.23. The van der Waals surface area contributed by atoms with Gasteiger partial charge in [0.1, 0.15) is 0 Å². The zero-order valence-electron chi connectivity index (χ0n) is 7.16. The van der Waals surface area contributed by atoms with Crippen LogP contribution < -0.4 is 0 Å². The highest BCUT2D eigenvalue weighted by Crippen LogP contribution is 1.94. The second kappa shape index (κ2) is 8.28. The SMILES string of the molecule is CC=CC=CCCC=CC(=O)Cl. The van der Waals surface area contributed by atoms with Crippen LogP contribution in [0.1, 0.15) is 19.8 Å². The summed E-state index contributed by atoms with van der Waals surface area (Å²) in [4.78, 5) is 10.2. The van der Waals surface area contributed by atoms with E-state index in [9.17, 15) is 4.79 Å². The van der Waals surface area contributed by atoms with Gasteiger partial charge in [0.25, 0.3) is 0 Å². The van der Waals surface area contributed by atoms with Crippen LogP contribution in [0.5, 0.6) is 0 Å². The Morgan fingerprint density at radius 2 is 1.92 bits per heavy atom. The molecule has 0 amide bonds.